The number of ether oxygens (including phenoxy) is 3. The van der Waals surface area contributed by atoms with Gasteiger partial charge in [0.1, 0.15) is 17.2 Å². The van der Waals surface area contributed by atoms with Crippen molar-refractivity contribution >= 4 is 17.5 Å². The number of nitrogens with zero attached hydrogens (tertiary/aromatic N) is 1. The maximum Gasteiger partial charge on any atom is 0.257 e. The molecule has 0 radical (unpaired) electrons. The van der Waals surface area contributed by atoms with E-state index in [2.05, 4.69) is 5.32 Å². The average molecular weight is 410 g/mol. The van der Waals surface area contributed by atoms with Crippen LogP contribution in [0.5, 0.6) is 17.2 Å². The van der Waals surface area contributed by atoms with Crippen molar-refractivity contribution in [2.45, 2.75) is 31.7 Å². The number of hydrogen-bond acceptors (Lipinski definition) is 5. The average Bonchev–Trinajstić information content (AvgIpc) is 2.78. The molecule has 0 aliphatic carbocycles. The lowest BCUT2D eigenvalue weighted by molar-refractivity contribution is 0.0548. The van der Waals surface area contributed by atoms with Crippen LogP contribution in [-0.2, 0) is 0 Å². The molecule has 2 heterocycles. The van der Waals surface area contributed by atoms with Gasteiger partial charge in [0, 0.05) is 36.3 Å². The van der Waals surface area contributed by atoms with Crippen molar-refractivity contribution in [3.63, 3.8) is 0 Å². The first-order valence-electron chi connectivity index (χ1n) is 10.2. The number of rotatable bonds is 4. The second-order valence-electron chi connectivity index (χ2n) is 7.55. The summed E-state index contributed by atoms with van der Waals surface area (Å²) < 4.78 is 16.3. The second kappa shape index (κ2) is 8.65. The van der Waals surface area contributed by atoms with Crippen LogP contribution in [-0.4, -0.2) is 50.1 Å². The minimum atomic E-state index is -0.317. The Labute approximate surface area is 175 Å². The molecule has 0 bridgehead atoms. The minimum absolute atomic E-state index is 0.0338. The first-order chi connectivity index (χ1) is 14.6. The van der Waals surface area contributed by atoms with Crippen LogP contribution in [0.4, 0.5) is 5.69 Å². The number of anilines is 1. The molecule has 2 aromatic carbocycles. The third-order valence-electron chi connectivity index (χ3n) is 5.68. The predicted molar refractivity (Wildman–Crippen MR) is 113 cm³/mol. The highest BCUT2D eigenvalue weighted by atomic mass is 16.5. The van der Waals surface area contributed by atoms with E-state index in [1.807, 2.05) is 4.90 Å². The fourth-order valence-electron chi connectivity index (χ4n) is 4.07. The SMILES string of the molecule is COc1cc(OC)cc(C(=O)Nc2ccc3c(c2)C(=O)N2CCCCC2CCO3)c1. The summed E-state index contributed by atoms with van der Waals surface area (Å²) >= 11 is 0. The standard InChI is InChI=1S/C23H26N2O5/c1-28-18-11-15(12-19(14-18)29-2)22(26)24-16-6-7-21-20(13-16)23(27)25-9-4-3-5-17(25)8-10-30-21/h6-7,11-14,17H,3-5,8-10H2,1-2H3,(H,24,26). The number of fused-ring (bicyclic) bond motifs is 2. The third-order valence-corrected chi connectivity index (χ3v) is 5.68. The first-order valence-corrected chi connectivity index (χ1v) is 10.2. The molecule has 1 fully saturated rings. The van der Waals surface area contributed by atoms with Crippen LogP contribution >= 0.6 is 0 Å². The molecule has 0 saturated carbocycles. The summed E-state index contributed by atoms with van der Waals surface area (Å²) in [5.41, 5.74) is 1.42. The molecule has 1 atom stereocenters. The quantitative estimate of drug-likeness (QED) is 0.831. The first kappa shape index (κ1) is 20.1. The highest BCUT2D eigenvalue weighted by Gasteiger charge is 2.31. The highest BCUT2D eigenvalue weighted by molar-refractivity contribution is 6.06. The van der Waals surface area contributed by atoms with Crippen molar-refractivity contribution in [3.8, 4) is 17.2 Å². The second-order valence-corrected chi connectivity index (χ2v) is 7.55. The summed E-state index contributed by atoms with van der Waals surface area (Å²) in [7, 11) is 3.07. The summed E-state index contributed by atoms with van der Waals surface area (Å²) in [5.74, 6) is 1.26. The van der Waals surface area contributed by atoms with Gasteiger partial charge < -0.3 is 24.4 Å². The Hall–Kier alpha value is -3.22. The number of amides is 2. The fraction of sp³-hybridized carbons (Fsp3) is 0.391. The van der Waals surface area contributed by atoms with E-state index in [-0.39, 0.29) is 17.9 Å². The largest absolute Gasteiger partial charge is 0.497 e. The maximum atomic E-state index is 13.2. The number of methoxy groups -OCH3 is 2. The molecule has 30 heavy (non-hydrogen) atoms. The van der Waals surface area contributed by atoms with Gasteiger partial charge in [0.15, 0.2) is 0 Å². The Morgan fingerprint density at radius 3 is 2.57 bits per heavy atom. The van der Waals surface area contributed by atoms with Gasteiger partial charge in [-0.2, -0.15) is 0 Å². The van der Waals surface area contributed by atoms with Crippen molar-refractivity contribution in [1.82, 2.24) is 4.90 Å². The number of nitrogens with one attached hydrogen (secondary N) is 1. The van der Waals surface area contributed by atoms with Gasteiger partial charge in [-0.15, -0.1) is 0 Å². The zero-order valence-electron chi connectivity index (χ0n) is 17.3. The van der Waals surface area contributed by atoms with E-state index < -0.39 is 0 Å². The summed E-state index contributed by atoms with van der Waals surface area (Å²) in [6.45, 7) is 1.35. The van der Waals surface area contributed by atoms with E-state index in [0.29, 0.717) is 40.7 Å². The molecule has 7 nitrogen and oxygen atoms in total. The van der Waals surface area contributed by atoms with Gasteiger partial charge in [-0.3, -0.25) is 9.59 Å². The van der Waals surface area contributed by atoms with Crippen molar-refractivity contribution < 1.29 is 23.8 Å². The van der Waals surface area contributed by atoms with Crippen LogP contribution in [0.25, 0.3) is 0 Å². The summed E-state index contributed by atoms with van der Waals surface area (Å²) in [6.07, 6.45) is 4.02. The van der Waals surface area contributed by atoms with Crippen LogP contribution in [0.2, 0.25) is 0 Å². The molecule has 7 heteroatoms. The zero-order valence-corrected chi connectivity index (χ0v) is 17.3. The molecule has 0 aromatic heterocycles. The predicted octanol–water partition coefficient (Wildman–Crippen LogP) is 3.73. The molecule has 4 rings (SSSR count). The number of benzene rings is 2. The molecule has 1 unspecified atom stereocenters. The minimum Gasteiger partial charge on any atom is -0.497 e. The molecular weight excluding hydrogens is 384 g/mol. The lowest BCUT2D eigenvalue weighted by atomic mass is 9.97. The zero-order chi connectivity index (χ0) is 21.1. The topological polar surface area (TPSA) is 77.1 Å². The molecule has 2 aliphatic heterocycles. The van der Waals surface area contributed by atoms with E-state index in [9.17, 15) is 9.59 Å². The third kappa shape index (κ3) is 4.06. The van der Waals surface area contributed by atoms with Gasteiger partial charge in [-0.1, -0.05) is 0 Å². The molecule has 1 saturated heterocycles. The van der Waals surface area contributed by atoms with Gasteiger partial charge >= 0.3 is 0 Å². The van der Waals surface area contributed by atoms with Crippen LogP contribution in [0.3, 0.4) is 0 Å². The normalized spacial score (nSPS) is 18.3. The van der Waals surface area contributed by atoms with Gasteiger partial charge in [0.25, 0.3) is 11.8 Å². The van der Waals surface area contributed by atoms with Gasteiger partial charge in [-0.05, 0) is 49.6 Å². The van der Waals surface area contributed by atoms with Gasteiger partial charge in [0.05, 0.1) is 26.4 Å². The van der Waals surface area contributed by atoms with E-state index in [0.717, 1.165) is 32.2 Å². The number of carbonyl (C=O) groups excluding carboxylic acids is 2. The Bertz CT molecular complexity index is 936. The van der Waals surface area contributed by atoms with Crippen LogP contribution in [0.1, 0.15) is 46.4 Å². The molecule has 1 N–H and O–H groups in total. The van der Waals surface area contributed by atoms with E-state index in [1.54, 1.807) is 36.4 Å². The molecule has 2 aliphatic rings. The summed E-state index contributed by atoms with van der Waals surface area (Å²) in [4.78, 5) is 28.0. The molecule has 2 amide bonds. The van der Waals surface area contributed by atoms with Gasteiger partial charge in [0.2, 0.25) is 0 Å². The van der Waals surface area contributed by atoms with Crippen molar-refractivity contribution in [3.05, 3.63) is 47.5 Å². The molecular formula is C23H26N2O5. The number of carbonyl (C=O) groups is 2. The highest BCUT2D eigenvalue weighted by Crippen LogP contribution is 2.31. The van der Waals surface area contributed by atoms with Crippen molar-refractivity contribution in [2.24, 2.45) is 0 Å². The van der Waals surface area contributed by atoms with E-state index >= 15 is 0 Å². The molecule has 2 aromatic rings. The van der Waals surface area contributed by atoms with Crippen LogP contribution < -0.4 is 19.5 Å². The van der Waals surface area contributed by atoms with E-state index in [4.69, 9.17) is 14.2 Å². The van der Waals surface area contributed by atoms with Crippen molar-refractivity contribution in [1.29, 1.82) is 0 Å². The molecule has 158 valence electrons. The number of piperidine rings is 1. The van der Waals surface area contributed by atoms with Crippen LogP contribution in [0.15, 0.2) is 36.4 Å². The lowest BCUT2D eigenvalue weighted by Crippen LogP contribution is -2.45. The lowest BCUT2D eigenvalue weighted by Gasteiger charge is -2.37. The van der Waals surface area contributed by atoms with Crippen molar-refractivity contribution in [2.75, 3.05) is 32.7 Å². The van der Waals surface area contributed by atoms with Crippen LogP contribution in [0, 0.1) is 0 Å². The summed E-state index contributed by atoms with van der Waals surface area (Å²) in [5, 5.41) is 2.86. The Morgan fingerprint density at radius 2 is 1.83 bits per heavy atom. The Balaban J connectivity index is 1.59. The maximum absolute atomic E-state index is 13.2. The number of hydrogen-bond donors (Lipinski definition) is 1. The summed E-state index contributed by atoms with van der Waals surface area (Å²) in [6, 6.07) is 10.4. The fourth-order valence-corrected chi connectivity index (χ4v) is 4.07. The van der Waals surface area contributed by atoms with Gasteiger partial charge in [-0.25, -0.2) is 0 Å². The Kier molecular flexibility index (Phi) is 5.79. The smallest absolute Gasteiger partial charge is 0.257 e. The molecule has 0 spiro atoms. The monoisotopic (exact) mass is 410 g/mol. The Morgan fingerprint density at radius 1 is 1.07 bits per heavy atom. The van der Waals surface area contributed by atoms with E-state index in [1.165, 1.54) is 14.2 Å².